The summed E-state index contributed by atoms with van der Waals surface area (Å²) in [4.78, 5) is 2.49. The molecule has 0 N–H and O–H groups in total. The summed E-state index contributed by atoms with van der Waals surface area (Å²) >= 11 is 0.427. The van der Waals surface area contributed by atoms with Crippen LogP contribution in [0.25, 0.3) is 0 Å². The quantitative estimate of drug-likeness (QED) is 0.511. The molecule has 14 heavy (non-hydrogen) atoms. The Hall–Kier alpha value is 0.730. The van der Waals surface area contributed by atoms with E-state index in [1.54, 1.807) is 6.42 Å². The number of hydrogen-bond acceptors (Lipinski definition) is 0. The molecular weight excluding hydrogens is 283 g/mol. The van der Waals surface area contributed by atoms with E-state index in [4.69, 9.17) is 0 Å². The summed E-state index contributed by atoms with van der Waals surface area (Å²) in [7, 11) is 0. The molecule has 1 rings (SSSR count). The van der Waals surface area contributed by atoms with Crippen LogP contribution in [0, 0.1) is 5.92 Å². The third kappa shape index (κ3) is 4.08. The zero-order valence-electron chi connectivity index (χ0n) is 10.1. The van der Waals surface area contributed by atoms with Crippen LogP contribution in [0.4, 0.5) is 0 Å². The molecule has 1 saturated carbocycles. The molecule has 0 spiro atoms. The molecule has 1 heteroatoms. The van der Waals surface area contributed by atoms with Gasteiger partial charge in [0.15, 0.2) is 0 Å². The first-order chi connectivity index (χ1) is 6.70. The summed E-state index contributed by atoms with van der Waals surface area (Å²) in [5.41, 5.74) is 0. The van der Waals surface area contributed by atoms with E-state index in [1.165, 1.54) is 44.9 Å². The maximum atomic E-state index is 2.56. The first-order valence-corrected chi connectivity index (χ1v) is 9.44. The fourth-order valence-corrected chi connectivity index (χ4v) is 4.62. The zero-order chi connectivity index (χ0) is 10.4. The van der Waals surface area contributed by atoms with Gasteiger partial charge in [0.05, 0.1) is 0 Å². The van der Waals surface area contributed by atoms with Crippen molar-refractivity contribution in [3.8, 4) is 0 Å². The van der Waals surface area contributed by atoms with Crippen LogP contribution in [-0.4, -0.2) is 8.35 Å². The van der Waals surface area contributed by atoms with Crippen molar-refractivity contribution in [1.82, 2.24) is 0 Å². The molecule has 0 heterocycles. The molecule has 0 aliphatic heterocycles. The monoisotopic (exact) mass is 309 g/mol. The molecule has 1 aliphatic carbocycles. The van der Waals surface area contributed by atoms with Gasteiger partial charge >= 0.3 is 101 Å². The van der Waals surface area contributed by atoms with Gasteiger partial charge in [-0.15, -0.1) is 0 Å². The number of halogens is 1. The van der Waals surface area contributed by atoms with Gasteiger partial charge in [-0.25, -0.2) is 0 Å². The average molecular weight is 309 g/mol. The minimum atomic E-state index is 0.427. The molecule has 86 valence electrons. The van der Waals surface area contributed by atoms with Crippen molar-refractivity contribution < 1.29 is 21.2 Å². The SMILES string of the molecule is CCCC[C@](C)(CC1CCCC1)[I-]C. The van der Waals surface area contributed by atoms with Crippen molar-refractivity contribution in [2.24, 2.45) is 5.92 Å². The molecule has 1 fully saturated rings. The van der Waals surface area contributed by atoms with E-state index in [-0.39, 0.29) is 0 Å². The molecule has 1 atom stereocenters. The molecule has 0 amide bonds. The Morgan fingerprint density at radius 1 is 1.29 bits per heavy atom. The predicted molar refractivity (Wildman–Crippen MR) is 60.4 cm³/mol. The average Bonchev–Trinajstić information content (AvgIpc) is 2.67. The maximum absolute atomic E-state index is 2.56. The molecule has 1 aliphatic rings. The molecule has 0 aromatic heterocycles. The van der Waals surface area contributed by atoms with Crippen molar-refractivity contribution in [3.63, 3.8) is 0 Å². The summed E-state index contributed by atoms with van der Waals surface area (Å²) in [6.07, 6.45) is 12.0. The first-order valence-electron chi connectivity index (χ1n) is 6.21. The van der Waals surface area contributed by atoms with Gasteiger partial charge in [-0.3, -0.25) is 0 Å². The van der Waals surface area contributed by atoms with Crippen LogP contribution < -0.4 is 21.2 Å². The summed E-state index contributed by atoms with van der Waals surface area (Å²) in [5.74, 6) is 1.09. The Kier molecular flexibility index (Phi) is 5.80. The van der Waals surface area contributed by atoms with Crippen molar-refractivity contribution in [2.75, 3.05) is 4.93 Å². The molecule has 0 bridgehead atoms. The second-order valence-electron chi connectivity index (χ2n) is 5.06. The van der Waals surface area contributed by atoms with Crippen molar-refractivity contribution in [1.29, 1.82) is 0 Å². The molecule has 0 nitrogen and oxygen atoms in total. The molecule has 0 aromatic rings. The standard InChI is InChI=1S/C13H26I/c1-4-5-10-13(2,14-3)11-12-8-6-7-9-12/h12H,4-11H2,1-3H3/q-1/t13-/m1/s1. The Labute approximate surface area is 100 Å². The Balaban J connectivity index is 2.34. The van der Waals surface area contributed by atoms with Crippen molar-refractivity contribution >= 4 is 0 Å². The number of rotatable bonds is 6. The van der Waals surface area contributed by atoms with Gasteiger partial charge in [-0.1, -0.05) is 0 Å². The Morgan fingerprint density at radius 2 is 1.93 bits per heavy atom. The molecule has 0 saturated heterocycles. The summed E-state index contributed by atoms with van der Waals surface area (Å²) in [6, 6.07) is 0. The van der Waals surface area contributed by atoms with Crippen molar-refractivity contribution in [3.05, 3.63) is 0 Å². The first kappa shape index (κ1) is 12.8. The zero-order valence-corrected chi connectivity index (χ0v) is 12.3. The Bertz CT molecular complexity index is 149. The fraction of sp³-hybridized carbons (Fsp3) is 1.00. The second kappa shape index (κ2) is 6.34. The van der Waals surface area contributed by atoms with Crippen LogP contribution in [0.2, 0.25) is 0 Å². The van der Waals surface area contributed by atoms with Gasteiger partial charge in [0.2, 0.25) is 0 Å². The van der Waals surface area contributed by atoms with E-state index in [0.717, 1.165) is 9.34 Å². The fourth-order valence-electron chi connectivity index (χ4n) is 2.64. The van der Waals surface area contributed by atoms with Crippen LogP contribution >= 0.6 is 0 Å². The van der Waals surface area contributed by atoms with Crippen LogP contribution in [0.15, 0.2) is 0 Å². The van der Waals surface area contributed by atoms with E-state index in [2.05, 4.69) is 18.8 Å². The molecule has 0 radical (unpaired) electrons. The van der Waals surface area contributed by atoms with E-state index in [0.29, 0.717) is 21.2 Å². The van der Waals surface area contributed by atoms with Gasteiger partial charge in [0.25, 0.3) is 0 Å². The topological polar surface area (TPSA) is 0 Å². The van der Waals surface area contributed by atoms with Crippen LogP contribution in [0.1, 0.15) is 65.2 Å². The summed E-state index contributed by atoms with van der Waals surface area (Å²) < 4.78 is 0.768. The van der Waals surface area contributed by atoms with E-state index < -0.39 is 0 Å². The van der Waals surface area contributed by atoms with Gasteiger partial charge < -0.3 is 0 Å². The van der Waals surface area contributed by atoms with E-state index in [9.17, 15) is 0 Å². The van der Waals surface area contributed by atoms with Gasteiger partial charge in [0, 0.05) is 0 Å². The second-order valence-corrected chi connectivity index (χ2v) is 8.74. The Morgan fingerprint density at radius 3 is 2.43 bits per heavy atom. The van der Waals surface area contributed by atoms with Crippen LogP contribution in [0.3, 0.4) is 0 Å². The third-order valence-corrected chi connectivity index (χ3v) is 7.28. The van der Waals surface area contributed by atoms with E-state index >= 15 is 0 Å². The molecule has 0 unspecified atom stereocenters. The minimum absolute atomic E-state index is 0.427. The predicted octanol–water partition coefficient (Wildman–Crippen LogP) is 1.23. The number of unbranched alkanes of at least 4 members (excludes halogenated alkanes) is 1. The summed E-state index contributed by atoms with van der Waals surface area (Å²) in [6.45, 7) is 4.89. The van der Waals surface area contributed by atoms with Gasteiger partial charge in [0.1, 0.15) is 0 Å². The molecule has 0 aromatic carbocycles. The van der Waals surface area contributed by atoms with Crippen molar-refractivity contribution in [2.45, 2.75) is 68.6 Å². The summed E-state index contributed by atoms with van der Waals surface area (Å²) in [5, 5.41) is 0. The molecular formula is C13H26I-. The van der Waals surface area contributed by atoms with Gasteiger partial charge in [-0.05, 0) is 0 Å². The van der Waals surface area contributed by atoms with E-state index in [1.807, 2.05) is 0 Å². The van der Waals surface area contributed by atoms with Crippen LogP contribution in [-0.2, 0) is 0 Å². The normalized spacial score (nSPS) is 22.8. The third-order valence-electron chi connectivity index (χ3n) is 3.70. The van der Waals surface area contributed by atoms with Gasteiger partial charge in [-0.2, -0.15) is 0 Å². The van der Waals surface area contributed by atoms with Crippen LogP contribution in [0.5, 0.6) is 0 Å². The number of hydrogen-bond donors (Lipinski definition) is 0. The number of alkyl halides is 2.